The molecule has 41 heavy (non-hydrogen) atoms. The lowest BCUT2D eigenvalue weighted by molar-refractivity contribution is -0.120. The number of hydrogen-bond donors (Lipinski definition) is 2. The molecule has 1 atom stereocenters. The molecule has 0 bridgehead atoms. The van der Waals surface area contributed by atoms with E-state index in [1.54, 1.807) is 18.2 Å². The maximum Gasteiger partial charge on any atom is 0.249 e. The molecule has 1 amide bonds. The van der Waals surface area contributed by atoms with E-state index in [1.165, 1.54) is 12.8 Å². The number of anilines is 4. The van der Waals surface area contributed by atoms with Crippen molar-refractivity contribution in [1.82, 2.24) is 30.3 Å². The minimum atomic E-state index is -0.219. The van der Waals surface area contributed by atoms with Crippen molar-refractivity contribution in [3.63, 3.8) is 0 Å². The van der Waals surface area contributed by atoms with Gasteiger partial charge in [0.1, 0.15) is 17.5 Å². The van der Waals surface area contributed by atoms with Crippen LogP contribution in [0.3, 0.4) is 0 Å². The van der Waals surface area contributed by atoms with Crippen molar-refractivity contribution in [1.29, 1.82) is 0 Å². The molecule has 0 spiro atoms. The second kappa shape index (κ2) is 12.0. The highest BCUT2D eigenvalue weighted by molar-refractivity contribution is 6.04. The Hall–Kier alpha value is -3.77. The average Bonchev–Trinajstić information content (AvgIpc) is 3.63. The molecule has 12 heteroatoms. The molecule has 2 aromatic heterocycles. The van der Waals surface area contributed by atoms with Crippen molar-refractivity contribution < 1.29 is 14.1 Å². The summed E-state index contributed by atoms with van der Waals surface area (Å²) in [5, 5.41) is 11.0. The Morgan fingerprint density at radius 2 is 2.00 bits per heavy atom. The third-order valence-electron chi connectivity index (χ3n) is 8.38. The maximum absolute atomic E-state index is 13.2. The van der Waals surface area contributed by atoms with Gasteiger partial charge in [-0.1, -0.05) is 24.9 Å². The van der Waals surface area contributed by atoms with Crippen LogP contribution in [0, 0.1) is 0 Å². The predicted octanol–water partition coefficient (Wildman–Crippen LogP) is 3.58. The zero-order chi connectivity index (χ0) is 28.3. The molecule has 0 radical (unpaired) electrons. The minimum Gasteiger partial charge on any atom is -0.495 e. The highest BCUT2D eigenvalue weighted by atomic mass is 16.5. The number of hydrogen-bond acceptors (Lipinski definition) is 11. The van der Waals surface area contributed by atoms with Gasteiger partial charge >= 0.3 is 0 Å². The van der Waals surface area contributed by atoms with Gasteiger partial charge in [-0.15, -0.1) is 0 Å². The molecule has 3 aromatic rings. The number of amides is 1. The van der Waals surface area contributed by atoms with Gasteiger partial charge in [0.15, 0.2) is 5.82 Å². The first-order valence-electron chi connectivity index (χ1n) is 14.7. The van der Waals surface area contributed by atoms with E-state index >= 15 is 0 Å². The number of rotatable bonds is 8. The molecule has 1 saturated heterocycles. The van der Waals surface area contributed by atoms with Crippen LogP contribution in [-0.4, -0.2) is 83.3 Å². The summed E-state index contributed by atoms with van der Waals surface area (Å²) in [5.74, 6) is 3.09. The molecular weight excluding hydrogens is 522 g/mol. The van der Waals surface area contributed by atoms with Crippen LogP contribution in [0.1, 0.15) is 51.3 Å². The first-order chi connectivity index (χ1) is 20.1. The molecule has 4 heterocycles. The molecule has 0 unspecified atom stereocenters. The fraction of sp³-hybridized carbons (Fsp3) is 0.552. The number of likely N-dealkylation sites (N-methyl/N-ethyl adjacent to an activating group) is 1. The first kappa shape index (κ1) is 27.4. The number of ether oxygens (including phenoxy) is 1. The largest absolute Gasteiger partial charge is 0.495 e. The molecule has 2 N–H and O–H groups in total. The molecule has 2 fully saturated rings. The summed E-state index contributed by atoms with van der Waals surface area (Å²) in [6.07, 6.45) is 8.06. The van der Waals surface area contributed by atoms with E-state index in [0.29, 0.717) is 36.0 Å². The first-order valence-corrected chi connectivity index (χ1v) is 14.7. The summed E-state index contributed by atoms with van der Waals surface area (Å²) in [6, 6.07) is 5.81. The smallest absolute Gasteiger partial charge is 0.249 e. The molecule has 12 nitrogen and oxygen atoms in total. The van der Waals surface area contributed by atoms with E-state index in [1.807, 2.05) is 25.2 Å². The van der Waals surface area contributed by atoms with Crippen molar-refractivity contribution in [2.24, 2.45) is 0 Å². The molecule has 218 valence electrons. The van der Waals surface area contributed by atoms with E-state index in [2.05, 4.69) is 42.5 Å². The van der Waals surface area contributed by atoms with Crippen molar-refractivity contribution in [3.8, 4) is 17.1 Å². The summed E-state index contributed by atoms with van der Waals surface area (Å²) >= 11 is 0. The number of carbonyl (C=O) groups excluding carboxylic acids is 1. The number of fused-ring (bicyclic) bond motifs is 1. The summed E-state index contributed by atoms with van der Waals surface area (Å²) in [6.45, 7) is 6.67. The average molecular weight is 562 g/mol. The third kappa shape index (κ3) is 5.58. The predicted molar refractivity (Wildman–Crippen MR) is 157 cm³/mol. The lowest BCUT2D eigenvalue weighted by Crippen LogP contribution is -2.55. The number of nitrogens with one attached hydrogen (secondary N) is 2. The molecule has 1 saturated carbocycles. The summed E-state index contributed by atoms with van der Waals surface area (Å²) in [4.78, 5) is 33.6. The Kier molecular flexibility index (Phi) is 8.02. The van der Waals surface area contributed by atoms with Gasteiger partial charge in [0, 0.05) is 31.7 Å². The van der Waals surface area contributed by atoms with Gasteiger partial charge in [-0.05, 0) is 57.0 Å². The zero-order valence-corrected chi connectivity index (χ0v) is 24.1. The second-order valence-corrected chi connectivity index (χ2v) is 11.0. The van der Waals surface area contributed by atoms with E-state index in [4.69, 9.17) is 14.2 Å². The van der Waals surface area contributed by atoms with Crippen LogP contribution in [0.2, 0.25) is 0 Å². The maximum atomic E-state index is 13.2. The standard InChI is InChI=1S/C29H39N9O3/c1-4-22-28(39)36(2)23-17-31-29(34-27(23)38(22)20-8-5-6-9-20)32-21-11-10-19(16-24(21)40-3)26-33-25(41-35-26)18-37-14-7-12-30-13-15-37/h10-11,16-17,20,22,30H,4-9,12-15,18H2,1-3H3,(H,31,32,34)/t22-/m1/s1. The van der Waals surface area contributed by atoms with Gasteiger partial charge < -0.3 is 29.7 Å². The fourth-order valence-electron chi connectivity index (χ4n) is 6.18. The highest BCUT2D eigenvalue weighted by Gasteiger charge is 2.41. The second-order valence-electron chi connectivity index (χ2n) is 11.0. The summed E-state index contributed by atoms with van der Waals surface area (Å²) < 4.78 is 11.3. The van der Waals surface area contributed by atoms with Crippen molar-refractivity contribution in [2.45, 2.75) is 64.1 Å². The quantitative estimate of drug-likeness (QED) is 0.419. The van der Waals surface area contributed by atoms with Crippen molar-refractivity contribution in [2.75, 3.05) is 55.5 Å². The van der Waals surface area contributed by atoms with Gasteiger partial charge in [-0.2, -0.15) is 9.97 Å². The molecular formula is C29H39N9O3. The van der Waals surface area contributed by atoms with Crippen LogP contribution in [0.4, 0.5) is 23.1 Å². The molecule has 1 aromatic carbocycles. The van der Waals surface area contributed by atoms with Crippen LogP contribution in [0.25, 0.3) is 11.4 Å². The van der Waals surface area contributed by atoms with E-state index in [9.17, 15) is 4.79 Å². The fourth-order valence-corrected chi connectivity index (χ4v) is 6.18. The van der Waals surface area contributed by atoms with Gasteiger partial charge in [-0.25, -0.2) is 4.98 Å². The summed E-state index contributed by atoms with van der Waals surface area (Å²) in [7, 11) is 3.43. The number of carbonyl (C=O) groups is 1. The Balaban J connectivity index is 1.23. The Morgan fingerprint density at radius 3 is 2.80 bits per heavy atom. The zero-order valence-electron chi connectivity index (χ0n) is 24.1. The topological polar surface area (TPSA) is 125 Å². The number of aromatic nitrogens is 4. The van der Waals surface area contributed by atoms with Crippen molar-refractivity contribution >= 4 is 29.0 Å². The molecule has 2 aliphatic heterocycles. The highest BCUT2D eigenvalue weighted by Crippen LogP contribution is 2.40. The molecule has 3 aliphatic rings. The van der Waals surface area contributed by atoms with Gasteiger partial charge in [0.25, 0.3) is 0 Å². The Morgan fingerprint density at radius 1 is 1.15 bits per heavy atom. The Bertz CT molecular complexity index is 1370. The van der Waals surface area contributed by atoms with Gasteiger partial charge in [-0.3, -0.25) is 9.69 Å². The lowest BCUT2D eigenvalue weighted by Gasteiger charge is -2.43. The normalized spacial score (nSPS) is 20.3. The summed E-state index contributed by atoms with van der Waals surface area (Å²) in [5.41, 5.74) is 2.25. The van der Waals surface area contributed by atoms with Crippen LogP contribution >= 0.6 is 0 Å². The van der Waals surface area contributed by atoms with Crippen LogP contribution < -0.4 is 25.2 Å². The number of methoxy groups -OCH3 is 1. The van der Waals surface area contributed by atoms with Gasteiger partial charge in [0.05, 0.1) is 25.5 Å². The van der Waals surface area contributed by atoms with Crippen LogP contribution in [0.5, 0.6) is 5.75 Å². The van der Waals surface area contributed by atoms with E-state index < -0.39 is 0 Å². The molecule has 6 rings (SSSR count). The monoisotopic (exact) mass is 561 g/mol. The molecule has 1 aliphatic carbocycles. The Labute approximate surface area is 240 Å². The minimum absolute atomic E-state index is 0.0986. The van der Waals surface area contributed by atoms with E-state index in [0.717, 1.165) is 74.6 Å². The number of nitrogens with zero attached hydrogens (tertiary/aromatic N) is 7. The number of benzene rings is 1. The van der Waals surface area contributed by atoms with E-state index in [-0.39, 0.29) is 11.9 Å². The van der Waals surface area contributed by atoms with Crippen molar-refractivity contribution in [3.05, 3.63) is 30.3 Å². The SMILES string of the molecule is CC[C@@H]1C(=O)N(C)c2cnc(Nc3ccc(-c4noc(CN5CCCNCC5)n4)cc3OC)nc2N1C1CCCC1. The third-order valence-corrected chi connectivity index (χ3v) is 8.38. The van der Waals surface area contributed by atoms with Crippen LogP contribution in [0.15, 0.2) is 28.9 Å². The lowest BCUT2D eigenvalue weighted by atomic mass is 10.0. The van der Waals surface area contributed by atoms with Crippen LogP contribution in [-0.2, 0) is 11.3 Å². The van der Waals surface area contributed by atoms with Gasteiger partial charge in [0.2, 0.25) is 23.6 Å².